The number of hydrogen-bond donors (Lipinski definition) is 0. The number of carbonyl (C=O) groups excluding carboxylic acids is 1. The van der Waals surface area contributed by atoms with E-state index < -0.39 is 17.8 Å². The number of likely N-dealkylation sites (N-methyl/N-ethyl adjacent to an activating group) is 1. The fourth-order valence-corrected chi connectivity index (χ4v) is 2.87. The van der Waals surface area contributed by atoms with E-state index in [4.69, 9.17) is 16.3 Å². The van der Waals surface area contributed by atoms with Gasteiger partial charge in [-0.25, -0.2) is 9.78 Å². The number of hydrogen-bond acceptors (Lipinski definition) is 3. The molecule has 0 atom stereocenters. The highest BCUT2D eigenvalue weighted by Gasteiger charge is 2.39. The van der Waals surface area contributed by atoms with Crippen molar-refractivity contribution in [2.24, 2.45) is 0 Å². The van der Waals surface area contributed by atoms with Crippen LogP contribution in [0.15, 0.2) is 54.6 Å². The van der Waals surface area contributed by atoms with Crippen molar-refractivity contribution in [3.63, 3.8) is 0 Å². The summed E-state index contributed by atoms with van der Waals surface area (Å²) in [5.74, 6) is -0.521. The molecule has 0 fully saturated rings. The molecule has 0 aliphatic heterocycles. The monoisotopic (exact) mass is 409 g/mol. The highest BCUT2D eigenvalue weighted by Crippen LogP contribution is 2.32. The van der Waals surface area contributed by atoms with Gasteiger partial charge in [-0.2, -0.15) is 13.2 Å². The normalized spacial score (nSPS) is 11.5. The Hall–Kier alpha value is -2.80. The van der Waals surface area contributed by atoms with Crippen molar-refractivity contribution in [2.45, 2.75) is 6.18 Å². The van der Waals surface area contributed by atoms with E-state index in [1.54, 1.807) is 60.5 Å². The minimum atomic E-state index is -4.50. The molecule has 0 bridgehead atoms. The summed E-state index contributed by atoms with van der Waals surface area (Å²) in [4.78, 5) is 16.1. The molecule has 0 radical (unpaired) electrons. The first-order valence-electron chi connectivity index (χ1n) is 8.42. The number of benzene rings is 2. The fraction of sp³-hybridized carbons (Fsp3) is 0.200. The molecule has 1 heterocycles. The summed E-state index contributed by atoms with van der Waals surface area (Å²) >= 11 is 5.78. The number of alkyl halides is 3. The zero-order valence-electron chi connectivity index (χ0n) is 14.9. The molecule has 0 saturated heterocycles. The Morgan fingerprint density at radius 1 is 1.14 bits per heavy atom. The van der Waals surface area contributed by atoms with Crippen molar-refractivity contribution in [3.05, 3.63) is 70.9 Å². The first kappa shape index (κ1) is 19.9. The Balaban J connectivity index is 1.75. The van der Waals surface area contributed by atoms with Crippen molar-refractivity contribution in [1.82, 2.24) is 0 Å². The van der Waals surface area contributed by atoms with Gasteiger partial charge in [-0.05, 0) is 30.3 Å². The van der Waals surface area contributed by atoms with E-state index in [-0.39, 0.29) is 13.2 Å². The molecule has 0 saturated carbocycles. The maximum atomic E-state index is 13.2. The number of para-hydroxylation sites is 1. The van der Waals surface area contributed by atoms with E-state index >= 15 is 0 Å². The van der Waals surface area contributed by atoms with Crippen LogP contribution in [0, 0.1) is 0 Å². The van der Waals surface area contributed by atoms with Gasteiger partial charge in [0.25, 0.3) is 5.69 Å². The van der Waals surface area contributed by atoms with Gasteiger partial charge in [-0.15, -0.1) is 0 Å². The zero-order chi connectivity index (χ0) is 20.3. The van der Waals surface area contributed by atoms with Crippen LogP contribution < -0.4 is 9.88 Å². The SMILES string of the molecule is CN(CCOC(=O)c1ccc(Cl)cc1)c1cc(C(F)(F)F)[nH+]c2ccccc12. The number of nitrogens with zero attached hydrogens (tertiary/aromatic N) is 1. The molecule has 0 unspecified atom stereocenters. The van der Waals surface area contributed by atoms with E-state index in [0.717, 1.165) is 6.07 Å². The van der Waals surface area contributed by atoms with E-state index in [9.17, 15) is 18.0 Å². The number of carbonyl (C=O) groups is 1. The van der Waals surface area contributed by atoms with Crippen molar-refractivity contribution in [3.8, 4) is 0 Å². The smallest absolute Gasteiger partial charge is 0.460 e. The molecule has 0 spiro atoms. The van der Waals surface area contributed by atoms with Crippen LogP contribution in [0.4, 0.5) is 18.9 Å². The summed E-state index contributed by atoms with van der Waals surface area (Å²) in [6, 6.07) is 14.0. The lowest BCUT2D eigenvalue weighted by Gasteiger charge is -2.20. The molecule has 4 nitrogen and oxygen atoms in total. The van der Waals surface area contributed by atoms with Crippen molar-refractivity contribution in [1.29, 1.82) is 0 Å². The molecule has 146 valence electrons. The van der Waals surface area contributed by atoms with Gasteiger partial charge in [0, 0.05) is 24.2 Å². The first-order valence-corrected chi connectivity index (χ1v) is 8.79. The largest absolute Gasteiger partial charge is 0.477 e. The summed E-state index contributed by atoms with van der Waals surface area (Å²) in [6.45, 7) is 0.247. The van der Waals surface area contributed by atoms with E-state index in [1.807, 2.05) is 0 Å². The van der Waals surface area contributed by atoms with Crippen LogP contribution in [0.1, 0.15) is 16.1 Å². The molecule has 28 heavy (non-hydrogen) atoms. The number of ether oxygens (including phenoxy) is 1. The zero-order valence-corrected chi connectivity index (χ0v) is 15.6. The molecule has 3 aromatic rings. The molecule has 3 rings (SSSR count). The standard InChI is InChI=1S/C20H16ClF3N2O2/c1-26(10-11-28-19(27)13-6-8-14(21)9-7-13)17-12-18(20(22,23)24)25-16-5-3-2-4-15(16)17/h2-9,12H,10-11H2,1H3/p+1. The van der Waals surface area contributed by atoms with Crippen LogP contribution in [0.3, 0.4) is 0 Å². The number of fused-ring (bicyclic) bond motifs is 1. The molecule has 1 N–H and O–H groups in total. The Kier molecular flexibility index (Phi) is 5.74. The molecule has 0 aliphatic carbocycles. The van der Waals surface area contributed by atoms with Gasteiger partial charge < -0.3 is 9.64 Å². The van der Waals surface area contributed by atoms with Crippen LogP contribution in [0.25, 0.3) is 10.9 Å². The molecule has 0 aliphatic rings. The van der Waals surface area contributed by atoms with Gasteiger partial charge in [0.2, 0.25) is 5.52 Å². The quantitative estimate of drug-likeness (QED) is 0.577. The first-order chi connectivity index (χ1) is 13.3. The predicted octanol–water partition coefficient (Wildman–Crippen LogP) is 4.62. The summed E-state index contributed by atoms with van der Waals surface area (Å²) in [5, 5.41) is 1.14. The number of aromatic nitrogens is 1. The molecule has 1 aromatic heterocycles. The number of esters is 1. The fourth-order valence-electron chi connectivity index (χ4n) is 2.74. The van der Waals surface area contributed by atoms with Crippen LogP contribution in [-0.4, -0.2) is 26.2 Å². The van der Waals surface area contributed by atoms with Gasteiger partial charge in [0.15, 0.2) is 0 Å². The van der Waals surface area contributed by atoms with Crippen molar-refractivity contribution >= 4 is 34.2 Å². The molecular weight excluding hydrogens is 393 g/mol. The van der Waals surface area contributed by atoms with Crippen LogP contribution >= 0.6 is 11.6 Å². The third-order valence-corrected chi connectivity index (χ3v) is 4.46. The Morgan fingerprint density at radius 2 is 1.82 bits per heavy atom. The van der Waals surface area contributed by atoms with E-state index in [1.165, 1.54) is 0 Å². The minimum absolute atomic E-state index is 0.0201. The number of anilines is 1. The molecular formula is C20H17ClF3N2O2+. The van der Waals surface area contributed by atoms with Gasteiger partial charge in [-0.1, -0.05) is 23.7 Å². The third kappa shape index (κ3) is 4.54. The summed E-state index contributed by atoms with van der Waals surface area (Å²) in [5.41, 5.74) is 0.277. The van der Waals surface area contributed by atoms with Crippen LogP contribution in [0.2, 0.25) is 5.02 Å². The second kappa shape index (κ2) is 8.06. The van der Waals surface area contributed by atoms with E-state index in [0.29, 0.717) is 27.2 Å². The number of aromatic amines is 1. The van der Waals surface area contributed by atoms with Gasteiger partial charge in [0.05, 0.1) is 23.2 Å². The Morgan fingerprint density at radius 3 is 2.50 bits per heavy atom. The number of nitrogens with one attached hydrogen (secondary N) is 1. The van der Waals surface area contributed by atoms with Gasteiger partial charge >= 0.3 is 12.1 Å². The summed E-state index contributed by atoms with van der Waals surface area (Å²) in [6.07, 6.45) is -4.50. The average molecular weight is 410 g/mol. The van der Waals surface area contributed by atoms with Crippen molar-refractivity contribution in [2.75, 3.05) is 25.1 Å². The van der Waals surface area contributed by atoms with E-state index in [2.05, 4.69) is 4.98 Å². The van der Waals surface area contributed by atoms with Gasteiger partial charge in [-0.3, -0.25) is 0 Å². The highest BCUT2D eigenvalue weighted by atomic mass is 35.5. The maximum absolute atomic E-state index is 13.2. The lowest BCUT2D eigenvalue weighted by molar-refractivity contribution is -0.398. The lowest BCUT2D eigenvalue weighted by atomic mass is 10.1. The summed E-state index contributed by atoms with van der Waals surface area (Å²) < 4.78 is 44.8. The van der Waals surface area contributed by atoms with Crippen molar-refractivity contribution < 1.29 is 27.7 Å². The van der Waals surface area contributed by atoms with Crippen LogP contribution in [-0.2, 0) is 10.9 Å². The third-order valence-electron chi connectivity index (χ3n) is 4.21. The number of H-pyrrole nitrogens is 1. The lowest BCUT2D eigenvalue weighted by Crippen LogP contribution is -2.27. The molecule has 2 aromatic carbocycles. The topological polar surface area (TPSA) is 43.7 Å². The summed E-state index contributed by atoms with van der Waals surface area (Å²) in [7, 11) is 1.65. The average Bonchev–Trinajstić information content (AvgIpc) is 2.66. The number of halogens is 4. The number of rotatable bonds is 5. The molecule has 8 heteroatoms. The second-order valence-corrected chi connectivity index (χ2v) is 6.61. The van der Waals surface area contributed by atoms with Gasteiger partial charge in [0.1, 0.15) is 6.61 Å². The highest BCUT2D eigenvalue weighted by molar-refractivity contribution is 6.30. The maximum Gasteiger partial charge on any atom is 0.477 e. The molecule has 0 amide bonds. The number of pyridine rings is 1. The Bertz CT molecular complexity index is 991. The predicted molar refractivity (Wildman–Crippen MR) is 101 cm³/mol. The Labute approximate surface area is 164 Å². The van der Waals surface area contributed by atoms with Crippen LogP contribution in [0.5, 0.6) is 0 Å². The minimum Gasteiger partial charge on any atom is -0.460 e. The second-order valence-electron chi connectivity index (χ2n) is 6.18.